The molecule has 2 N–H and O–H groups in total. The van der Waals surface area contributed by atoms with E-state index in [1.807, 2.05) is 0 Å². The van der Waals surface area contributed by atoms with E-state index in [1.165, 1.54) is 37.6 Å². The highest BCUT2D eigenvalue weighted by atomic mass is 35.5. The Morgan fingerprint density at radius 2 is 1.90 bits per heavy atom. The summed E-state index contributed by atoms with van der Waals surface area (Å²) in [6.45, 7) is 0. The van der Waals surface area contributed by atoms with Crippen molar-refractivity contribution >= 4 is 40.5 Å². The van der Waals surface area contributed by atoms with E-state index in [4.69, 9.17) is 20.8 Å². The van der Waals surface area contributed by atoms with E-state index in [-0.39, 0.29) is 27.7 Å². The lowest BCUT2D eigenvalue weighted by Crippen LogP contribution is -2.14. The van der Waals surface area contributed by atoms with Crippen LogP contribution in [0.4, 0.5) is 17.1 Å². The lowest BCUT2D eigenvalue weighted by Gasteiger charge is -2.13. The van der Waals surface area contributed by atoms with Crippen LogP contribution in [0.3, 0.4) is 0 Å². The number of halogens is 1. The Balaban J connectivity index is 1.84. The van der Waals surface area contributed by atoms with Gasteiger partial charge in [-0.05, 0) is 42.5 Å². The molecule has 0 bridgehead atoms. The summed E-state index contributed by atoms with van der Waals surface area (Å²) in [6.07, 6.45) is 1.37. The van der Waals surface area contributed by atoms with Crippen LogP contribution in [0.1, 0.15) is 20.9 Å². The van der Waals surface area contributed by atoms with Crippen molar-refractivity contribution < 1.29 is 23.7 Å². The number of methoxy groups -OCH3 is 1. The van der Waals surface area contributed by atoms with Crippen molar-refractivity contribution in [1.29, 1.82) is 0 Å². The van der Waals surface area contributed by atoms with Crippen LogP contribution < -0.4 is 15.4 Å². The minimum Gasteiger partial charge on any atom is -0.495 e. The monoisotopic (exact) mass is 415 g/mol. The molecule has 0 saturated heterocycles. The first-order valence-electron chi connectivity index (χ1n) is 8.17. The Morgan fingerprint density at radius 3 is 2.55 bits per heavy atom. The Hall–Kier alpha value is -3.85. The number of carbonyl (C=O) groups is 2. The van der Waals surface area contributed by atoms with Gasteiger partial charge in [0.2, 0.25) is 0 Å². The zero-order chi connectivity index (χ0) is 21.0. The summed E-state index contributed by atoms with van der Waals surface area (Å²) in [7, 11) is 1.42. The van der Waals surface area contributed by atoms with Gasteiger partial charge >= 0.3 is 0 Å². The number of nitrogens with zero attached hydrogens (tertiary/aromatic N) is 1. The van der Waals surface area contributed by atoms with Crippen molar-refractivity contribution in [2.75, 3.05) is 17.7 Å². The molecule has 0 aliphatic heterocycles. The van der Waals surface area contributed by atoms with Crippen molar-refractivity contribution in [2.45, 2.75) is 0 Å². The van der Waals surface area contributed by atoms with E-state index in [2.05, 4.69) is 10.6 Å². The summed E-state index contributed by atoms with van der Waals surface area (Å²) in [5.74, 6) is -0.624. The van der Waals surface area contributed by atoms with Gasteiger partial charge in [-0.15, -0.1) is 0 Å². The van der Waals surface area contributed by atoms with Crippen molar-refractivity contribution in [3.8, 4) is 5.75 Å². The van der Waals surface area contributed by atoms with Crippen molar-refractivity contribution in [3.63, 3.8) is 0 Å². The molecule has 0 spiro atoms. The van der Waals surface area contributed by atoms with Crippen LogP contribution in [0.5, 0.6) is 5.75 Å². The predicted molar refractivity (Wildman–Crippen MR) is 106 cm³/mol. The second kappa shape index (κ2) is 8.44. The molecule has 3 rings (SSSR count). The fourth-order valence-electron chi connectivity index (χ4n) is 2.47. The molecule has 0 atom stereocenters. The maximum atomic E-state index is 12.6. The Kier molecular flexibility index (Phi) is 5.79. The van der Waals surface area contributed by atoms with Crippen LogP contribution in [-0.4, -0.2) is 23.8 Å². The summed E-state index contributed by atoms with van der Waals surface area (Å²) >= 11 is 5.77. The molecule has 148 valence electrons. The molecule has 0 radical (unpaired) electrons. The molecule has 0 aliphatic carbocycles. The number of nitro groups is 1. The molecule has 3 aromatic rings. The number of hydrogen-bond donors (Lipinski definition) is 2. The van der Waals surface area contributed by atoms with Gasteiger partial charge in [-0.3, -0.25) is 19.7 Å². The molecule has 0 unspecified atom stereocenters. The van der Waals surface area contributed by atoms with Gasteiger partial charge in [0, 0.05) is 17.3 Å². The highest BCUT2D eigenvalue weighted by Crippen LogP contribution is 2.30. The summed E-state index contributed by atoms with van der Waals surface area (Å²) in [4.78, 5) is 35.0. The minimum absolute atomic E-state index is 0.0353. The molecule has 10 heteroatoms. The number of anilines is 2. The number of nitrogens with one attached hydrogen (secondary N) is 2. The average Bonchev–Trinajstić information content (AvgIpc) is 3.23. The van der Waals surface area contributed by atoms with Gasteiger partial charge in [0.25, 0.3) is 17.5 Å². The van der Waals surface area contributed by atoms with Crippen LogP contribution in [-0.2, 0) is 0 Å². The van der Waals surface area contributed by atoms with Gasteiger partial charge in [-0.2, -0.15) is 0 Å². The molecule has 2 amide bonds. The van der Waals surface area contributed by atoms with E-state index in [9.17, 15) is 19.7 Å². The fourth-order valence-corrected chi connectivity index (χ4v) is 2.66. The molecule has 0 saturated carbocycles. The van der Waals surface area contributed by atoms with Gasteiger partial charge in [0.05, 0.1) is 24.0 Å². The smallest absolute Gasteiger partial charge is 0.291 e. The van der Waals surface area contributed by atoms with E-state index < -0.39 is 16.7 Å². The number of amides is 2. The highest BCUT2D eigenvalue weighted by molar-refractivity contribution is 6.32. The van der Waals surface area contributed by atoms with Gasteiger partial charge in [0.1, 0.15) is 10.8 Å². The maximum Gasteiger partial charge on any atom is 0.291 e. The second-order valence-corrected chi connectivity index (χ2v) is 6.13. The van der Waals surface area contributed by atoms with E-state index in [1.54, 1.807) is 18.2 Å². The SMILES string of the molecule is COc1ccc(NC(=O)c2ccco2)cc1NC(=O)c1ccc(Cl)c([N+](=O)[O-])c1. The summed E-state index contributed by atoms with van der Waals surface area (Å²) in [5.41, 5.74) is 0.288. The quantitative estimate of drug-likeness (QED) is 0.455. The Bertz CT molecular complexity index is 1080. The zero-order valence-corrected chi connectivity index (χ0v) is 15.7. The molecule has 0 fully saturated rings. The zero-order valence-electron chi connectivity index (χ0n) is 15.0. The largest absolute Gasteiger partial charge is 0.495 e. The van der Waals surface area contributed by atoms with Gasteiger partial charge in [0.15, 0.2) is 5.76 Å². The Morgan fingerprint density at radius 1 is 1.10 bits per heavy atom. The number of benzene rings is 2. The van der Waals surface area contributed by atoms with Gasteiger partial charge in [-0.25, -0.2) is 0 Å². The van der Waals surface area contributed by atoms with Crippen molar-refractivity contribution in [2.24, 2.45) is 0 Å². The van der Waals surface area contributed by atoms with E-state index in [0.717, 1.165) is 6.07 Å². The lowest BCUT2D eigenvalue weighted by atomic mass is 10.1. The molecule has 1 heterocycles. The van der Waals surface area contributed by atoms with Gasteiger partial charge in [-0.1, -0.05) is 11.6 Å². The van der Waals surface area contributed by atoms with Crippen LogP contribution in [0.2, 0.25) is 5.02 Å². The summed E-state index contributed by atoms with van der Waals surface area (Å²) < 4.78 is 10.3. The molecular weight excluding hydrogens is 402 g/mol. The number of rotatable bonds is 6. The third-order valence-corrected chi connectivity index (χ3v) is 4.18. The standard InChI is InChI=1S/C19H14ClN3O6/c1-28-16-7-5-12(21-19(25)17-3-2-8-29-17)10-14(16)22-18(24)11-4-6-13(20)15(9-11)23(26)27/h2-10H,1H3,(H,21,25)(H,22,24). The third kappa shape index (κ3) is 4.53. The third-order valence-electron chi connectivity index (χ3n) is 3.86. The van der Waals surface area contributed by atoms with E-state index >= 15 is 0 Å². The first kappa shape index (κ1) is 19.9. The summed E-state index contributed by atoms with van der Waals surface area (Å²) in [5, 5.41) is 16.2. The molecule has 0 aliphatic rings. The predicted octanol–water partition coefficient (Wildman–Crippen LogP) is 4.35. The highest BCUT2D eigenvalue weighted by Gasteiger charge is 2.18. The first-order chi connectivity index (χ1) is 13.9. The number of ether oxygens (including phenoxy) is 1. The van der Waals surface area contributed by atoms with E-state index in [0.29, 0.717) is 11.4 Å². The number of nitro benzene ring substituents is 1. The molecule has 2 aromatic carbocycles. The average molecular weight is 416 g/mol. The fraction of sp³-hybridized carbons (Fsp3) is 0.0526. The number of hydrogen-bond acceptors (Lipinski definition) is 6. The summed E-state index contributed by atoms with van der Waals surface area (Å²) in [6, 6.07) is 11.4. The minimum atomic E-state index is -0.676. The molecular formula is C19H14ClN3O6. The first-order valence-corrected chi connectivity index (χ1v) is 8.55. The molecule has 9 nitrogen and oxygen atoms in total. The van der Waals surface area contributed by atoms with Crippen LogP contribution >= 0.6 is 11.6 Å². The normalized spacial score (nSPS) is 10.3. The van der Waals surface area contributed by atoms with Crippen molar-refractivity contribution in [3.05, 3.63) is 81.3 Å². The number of carbonyl (C=O) groups excluding carboxylic acids is 2. The maximum absolute atomic E-state index is 12.6. The van der Waals surface area contributed by atoms with Crippen molar-refractivity contribution in [1.82, 2.24) is 0 Å². The van der Waals surface area contributed by atoms with Crippen LogP contribution in [0.25, 0.3) is 0 Å². The van der Waals surface area contributed by atoms with Crippen LogP contribution in [0.15, 0.2) is 59.2 Å². The second-order valence-electron chi connectivity index (χ2n) is 5.72. The Labute approximate surface area is 169 Å². The molecule has 29 heavy (non-hydrogen) atoms. The van der Waals surface area contributed by atoms with Gasteiger partial charge < -0.3 is 19.8 Å². The topological polar surface area (TPSA) is 124 Å². The van der Waals surface area contributed by atoms with Crippen LogP contribution in [0, 0.1) is 10.1 Å². The number of furan rings is 1. The molecule has 1 aromatic heterocycles. The lowest BCUT2D eigenvalue weighted by molar-refractivity contribution is -0.384.